The van der Waals surface area contributed by atoms with E-state index in [0.29, 0.717) is 0 Å². The van der Waals surface area contributed by atoms with E-state index >= 15 is 0 Å². The summed E-state index contributed by atoms with van der Waals surface area (Å²) in [7, 11) is 1.21. The van der Waals surface area contributed by atoms with Crippen LogP contribution >= 0.6 is 0 Å². The molecule has 16 heteroatoms. The summed E-state index contributed by atoms with van der Waals surface area (Å²) in [6.45, 7) is 1.16. The first-order valence-corrected chi connectivity index (χ1v) is 11.8. The van der Waals surface area contributed by atoms with E-state index in [9.17, 15) is 45.6 Å². The monoisotopic (exact) mass is 543 g/mol. The van der Waals surface area contributed by atoms with E-state index in [1.807, 2.05) is 0 Å². The first-order chi connectivity index (χ1) is 17.4. The predicted octanol–water partition coefficient (Wildman–Crippen LogP) is -5.75. The Kier molecular flexibility index (Phi) is 10.6. The molecule has 15 atom stereocenters. The van der Waals surface area contributed by atoms with Crippen LogP contribution in [0.2, 0.25) is 0 Å². The molecule has 0 aromatic heterocycles. The summed E-state index contributed by atoms with van der Waals surface area (Å²) in [6.07, 6.45) is -20.5. The molecule has 3 rings (SSSR count). The molecule has 0 radical (unpaired) electrons. The highest BCUT2D eigenvalue weighted by Crippen LogP contribution is 2.33. The van der Waals surface area contributed by atoms with Gasteiger partial charge in [-0.05, 0) is 6.92 Å². The third-order valence-electron chi connectivity index (χ3n) is 6.70. The van der Waals surface area contributed by atoms with Gasteiger partial charge in [0.25, 0.3) is 0 Å². The highest BCUT2D eigenvalue weighted by molar-refractivity contribution is 5.73. The SMILES string of the molecule is CO[C@H]1[C@@H](O)[C@@H](CO)O[C@H](O[C@H]2[C@H](O[C@@H]3O[C@@H](C)[C@@H](O)[C@@H](O)[C@@H]3O)[C@@H](NC(C)=O)[C@H](O)O[C@@H]2CO)[C@@H]1O. The number of hydrogen-bond acceptors (Lipinski definition) is 15. The molecule has 0 unspecified atom stereocenters. The summed E-state index contributed by atoms with van der Waals surface area (Å²) in [5.74, 6) is -0.617. The Morgan fingerprint density at radius 1 is 0.757 bits per heavy atom. The highest BCUT2D eigenvalue weighted by atomic mass is 16.7. The van der Waals surface area contributed by atoms with Gasteiger partial charge in [-0.1, -0.05) is 0 Å². The van der Waals surface area contributed by atoms with E-state index in [0.717, 1.165) is 6.92 Å². The molecule has 16 nitrogen and oxygen atoms in total. The molecule has 0 aliphatic carbocycles. The van der Waals surface area contributed by atoms with Gasteiger partial charge >= 0.3 is 0 Å². The number of aliphatic hydroxyl groups is 8. The number of carbonyl (C=O) groups excluding carboxylic acids is 1. The lowest BCUT2D eigenvalue weighted by molar-refractivity contribution is -0.371. The van der Waals surface area contributed by atoms with Gasteiger partial charge in [0.1, 0.15) is 67.1 Å². The minimum absolute atomic E-state index is 0.617. The quantitative estimate of drug-likeness (QED) is 0.138. The molecule has 3 fully saturated rings. The molecule has 0 aromatic carbocycles. The molecular formula is C21H37NO15. The van der Waals surface area contributed by atoms with E-state index in [4.69, 9.17) is 28.4 Å². The molecule has 3 aliphatic heterocycles. The van der Waals surface area contributed by atoms with Crippen molar-refractivity contribution >= 4 is 5.91 Å². The fraction of sp³-hybridized carbons (Fsp3) is 0.952. The van der Waals surface area contributed by atoms with Gasteiger partial charge in [-0.3, -0.25) is 4.79 Å². The van der Waals surface area contributed by atoms with Crippen LogP contribution < -0.4 is 5.32 Å². The second-order valence-corrected chi connectivity index (χ2v) is 9.26. The topological polar surface area (TPSA) is 246 Å². The van der Waals surface area contributed by atoms with Crippen molar-refractivity contribution in [1.29, 1.82) is 0 Å². The predicted molar refractivity (Wildman–Crippen MR) is 116 cm³/mol. The zero-order valence-corrected chi connectivity index (χ0v) is 20.5. The molecule has 0 aromatic rings. The van der Waals surface area contributed by atoms with Crippen molar-refractivity contribution in [2.45, 2.75) is 106 Å². The van der Waals surface area contributed by atoms with Crippen LogP contribution in [0.25, 0.3) is 0 Å². The van der Waals surface area contributed by atoms with Crippen molar-refractivity contribution < 1.29 is 74.1 Å². The minimum atomic E-state index is -1.76. The number of amides is 1. The second kappa shape index (κ2) is 12.8. The van der Waals surface area contributed by atoms with Crippen molar-refractivity contribution in [3.8, 4) is 0 Å². The van der Waals surface area contributed by atoms with E-state index in [1.165, 1.54) is 14.0 Å². The van der Waals surface area contributed by atoms with Crippen LogP contribution in [0, 0.1) is 0 Å². The van der Waals surface area contributed by atoms with Crippen LogP contribution in [0.15, 0.2) is 0 Å². The zero-order chi connectivity index (χ0) is 27.6. The van der Waals surface area contributed by atoms with E-state index in [1.54, 1.807) is 0 Å². The molecule has 216 valence electrons. The number of rotatable bonds is 8. The maximum atomic E-state index is 11.9. The second-order valence-electron chi connectivity index (χ2n) is 9.26. The number of carbonyl (C=O) groups is 1. The van der Waals surface area contributed by atoms with Gasteiger partial charge in [-0.15, -0.1) is 0 Å². The lowest BCUT2D eigenvalue weighted by atomic mass is 9.94. The molecule has 3 saturated heterocycles. The van der Waals surface area contributed by atoms with Gasteiger partial charge in [0.2, 0.25) is 5.91 Å². The molecule has 1 amide bonds. The smallest absolute Gasteiger partial charge is 0.217 e. The number of ether oxygens (including phenoxy) is 6. The third-order valence-corrected chi connectivity index (χ3v) is 6.70. The Balaban J connectivity index is 1.93. The summed E-state index contributed by atoms with van der Waals surface area (Å²) >= 11 is 0. The van der Waals surface area contributed by atoms with Crippen molar-refractivity contribution in [2.24, 2.45) is 0 Å². The largest absolute Gasteiger partial charge is 0.394 e. The molecule has 9 N–H and O–H groups in total. The van der Waals surface area contributed by atoms with Gasteiger partial charge in [-0.25, -0.2) is 0 Å². The summed E-state index contributed by atoms with van der Waals surface area (Å²) in [4.78, 5) is 11.9. The van der Waals surface area contributed by atoms with Gasteiger partial charge in [-0.2, -0.15) is 0 Å². The molecular weight excluding hydrogens is 506 g/mol. The van der Waals surface area contributed by atoms with E-state index in [-0.39, 0.29) is 0 Å². The van der Waals surface area contributed by atoms with Crippen LogP contribution in [-0.2, 0) is 33.2 Å². The van der Waals surface area contributed by atoms with Crippen LogP contribution in [0.1, 0.15) is 13.8 Å². The Morgan fingerprint density at radius 2 is 1.35 bits per heavy atom. The third kappa shape index (κ3) is 6.39. The van der Waals surface area contributed by atoms with Crippen LogP contribution in [-0.4, -0.2) is 159 Å². The summed E-state index contributed by atoms with van der Waals surface area (Å²) in [6, 6.07) is -1.38. The molecule has 0 bridgehead atoms. The van der Waals surface area contributed by atoms with Crippen molar-refractivity contribution in [2.75, 3.05) is 20.3 Å². The lowest BCUT2D eigenvalue weighted by Gasteiger charge is -2.49. The number of nitrogens with one attached hydrogen (secondary N) is 1. The fourth-order valence-electron chi connectivity index (χ4n) is 4.66. The fourth-order valence-corrected chi connectivity index (χ4v) is 4.66. The number of methoxy groups -OCH3 is 1. The standard InChI is InChI=1S/C21H37NO15/c1-6-11(26)13(28)14(29)20(33-6)37-17-10(22-7(2)25)19(31)34-9(5-24)16(17)36-21-15(30)18(32-3)12(27)8(4-23)35-21/h6,8-21,23-24,26-31H,4-5H2,1-3H3,(H,22,25)/t6-,8+,9+,10+,11+,12-,13+,14-,15+,16+,17+,18-,19+,20-,21+/m0/s1. The Labute approximate surface area is 212 Å². The maximum Gasteiger partial charge on any atom is 0.217 e. The van der Waals surface area contributed by atoms with Gasteiger partial charge < -0.3 is 74.6 Å². The Hall–Kier alpha value is -1.09. The molecule has 37 heavy (non-hydrogen) atoms. The number of aliphatic hydroxyl groups excluding tert-OH is 8. The minimum Gasteiger partial charge on any atom is -0.394 e. The number of hydrogen-bond donors (Lipinski definition) is 9. The average Bonchev–Trinajstić information content (AvgIpc) is 2.85. The van der Waals surface area contributed by atoms with Crippen molar-refractivity contribution in [1.82, 2.24) is 5.32 Å². The van der Waals surface area contributed by atoms with Crippen LogP contribution in [0.5, 0.6) is 0 Å². The first-order valence-electron chi connectivity index (χ1n) is 11.8. The molecule has 0 spiro atoms. The van der Waals surface area contributed by atoms with Gasteiger partial charge in [0.05, 0.1) is 19.3 Å². The van der Waals surface area contributed by atoms with Crippen LogP contribution in [0.4, 0.5) is 0 Å². The lowest BCUT2D eigenvalue weighted by Crippen LogP contribution is -2.69. The molecule has 3 aliphatic rings. The molecule has 0 saturated carbocycles. The maximum absolute atomic E-state index is 11.9. The summed E-state index contributed by atoms with van der Waals surface area (Å²) in [5.41, 5.74) is 0. The zero-order valence-electron chi connectivity index (χ0n) is 20.5. The average molecular weight is 544 g/mol. The summed E-state index contributed by atoms with van der Waals surface area (Å²) < 4.78 is 33.2. The van der Waals surface area contributed by atoms with Crippen molar-refractivity contribution in [3.05, 3.63) is 0 Å². The Bertz CT molecular complexity index is 747. The van der Waals surface area contributed by atoms with Gasteiger partial charge in [0, 0.05) is 14.0 Å². The van der Waals surface area contributed by atoms with E-state index in [2.05, 4.69) is 5.32 Å². The van der Waals surface area contributed by atoms with Crippen LogP contribution in [0.3, 0.4) is 0 Å². The highest BCUT2D eigenvalue weighted by Gasteiger charge is 2.54. The normalized spacial score (nSPS) is 49.0. The summed E-state index contributed by atoms with van der Waals surface area (Å²) in [5, 5.41) is 84.2. The van der Waals surface area contributed by atoms with E-state index < -0.39 is 111 Å². The molecule has 3 heterocycles. The van der Waals surface area contributed by atoms with Crippen molar-refractivity contribution in [3.63, 3.8) is 0 Å². The van der Waals surface area contributed by atoms with Gasteiger partial charge in [0.15, 0.2) is 18.9 Å². The Morgan fingerprint density at radius 3 is 1.92 bits per heavy atom. The first kappa shape index (κ1) is 30.5.